The molecule has 6 N–H and O–H groups in total. The molecule has 1 amide bonds. The summed E-state index contributed by atoms with van der Waals surface area (Å²) in [6.45, 7) is 7.11. The van der Waals surface area contributed by atoms with Crippen molar-refractivity contribution >= 4 is 29.7 Å². The van der Waals surface area contributed by atoms with Gasteiger partial charge in [0.25, 0.3) is 0 Å². The molecule has 1 fully saturated rings. The summed E-state index contributed by atoms with van der Waals surface area (Å²) >= 11 is 0. The molecule has 12 heteroatoms. The van der Waals surface area contributed by atoms with Crippen molar-refractivity contribution in [2.75, 3.05) is 18.4 Å². The maximum Gasteiger partial charge on any atom is 0.411 e. The number of piperidine rings is 1. The molecule has 0 aliphatic carbocycles. The second-order valence-corrected chi connectivity index (χ2v) is 11.8. The number of carboxylic acid groups (broad SMARTS) is 3. The summed E-state index contributed by atoms with van der Waals surface area (Å²) < 4.78 is 5.09. The number of anilines is 1. The molecule has 2 aromatic rings. The molecule has 12 nitrogen and oxygen atoms in total. The van der Waals surface area contributed by atoms with Gasteiger partial charge in [0, 0.05) is 17.5 Å². The van der Waals surface area contributed by atoms with Gasteiger partial charge in [-0.25, -0.2) is 9.59 Å². The van der Waals surface area contributed by atoms with Gasteiger partial charge in [-0.15, -0.1) is 0 Å². The molecule has 4 rings (SSSR count). The van der Waals surface area contributed by atoms with E-state index in [0.717, 1.165) is 56.6 Å². The molecule has 234 valence electrons. The van der Waals surface area contributed by atoms with Gasteiger partial charge in [-0.2, -0.15) is 0 Å². The lowest BCUT2D eigenvalue weighted by Gasteiger charge is -2.49. The van der Waals surface area contributed by atoms with Crippen LogP contribution in [0.5, 0.6) is 0 Å². The van der Waals surface area contributed by atoms with Crippen LogP contribution >= 0.6 is 0 Å². The zero-order valence-corrected chi connectivity index (χ0v) is 24.4. The minimum atomic E-state index is -2.74. The van der Waals surface area contributed by atoms with Crippen LogP contribution in [0.15, 0.2) is 48.5 Å². The molecule has 0 aromatic heterocycles. The Bertz CT molecular complexity index is 1280. The van der Waals surface area contributed by atoms with Crippen molar-refractivity contribution in [3.63, 3.8) is 0 Å². The van der Waals surface area contributed by atoms with Gasteiger partial charge in [-0.05, 0) is 75.9 Å². The van der Waals surface area contributed by atoms with Gasteiger partial charge in [0.15, 0.2) is 5.60 Å². The van der Waals surface area contributed by atoms with E-state index in [1.807, 2.05) is 19.9 Å². The molecular weight excluding hydrogens is 560 g/mol. The number of ether oxygens (including phenoxy) is 1. The molecule has 2 aliphatic rings. The van der Waals surface area contributed by atoms with Crippen LogP contribution in [0.4, 0.5) is 10.5 Å². The highest BCUT2D eigenvalue weighted by Gasteiger charge is 2.45. The molecule has 0 atom stereocenters. The third-order valence-corrected chi connectivity index (χ3v) is 8.30. The molecule has 2 aliphatic heterocycles. The number of fused-ring (bicyclic) bond motifs is 1. The fourth-order valence-corrected chi connectivity index (χ4v) is 5.58. The van der Waals surface area contributed by atoms with Crippen molar-refractivity contribution < 1.29 is 49.4 Å². The number of nitrogens with one attached hydrogen (secondary N) is 1. The lowest BCUT2D eigenvalue weighted by molar-refractivity contribution is -0.170. The van der Waals surface area contributed by atoms with Gasteiger partial charge >= 0.3 is 24.0 Å². The van der Waals surface area contributed by atoms with Gasteiger partial charge in [0.1, 0.15) is 6.61 Å². The Labute approximate surface area is 249 Å². The summed E-state index contributed by atoms with van der Waals surface area (Å²) in [5, 5.41) is 47.6. The van der Waals surface area contributed by atoms with E-state index in [4.69, 9.17) is 25.2 Å². The zero-order valence-electron chi connectivity index (χ0n) is 24.4. The molecule has 2 heterocycles. The Balaban J connectivity index is 0.000000331. The molecule has 0 bridgehead atoms. The molecular formula is C31H40N2O10. The highest BCUT2D eigenvalue weighted by molar-refractivity contribution is 5.88. The largest absolute Gasteiger partial charge is 0.481 e. The van der Waals surface area contributed by atoms with Crippen molar-refractivity contribution in [1.29, 1.82) is 0 Å². The quantitative estimate of drug-likeness (QED) is 0.221. The lowest BCUT2D eigenvalue weighted by Crippen LogP contribution is -2.51. The molecule has 1 saturated heterocycles. The monoisotopic (exact) mass is 600 g/mol. The molecule has 43 heavy (non-hydrogen) atoms. The van der Waals surface area contributed by atoms with Crippen LogP contribution in [0.1, 0.15) is 62.6 Å². The number of hydrogen-bond donors (Lipinski definition) is 6. The van der Waals surface area contributed by atoms with E-state index in [2.05, 4.69) is 52.7 Å². The summed E-state index contributed by atoms with van der Waals surface area (Å²) in [6, 6.07) is 16.8. The first-order valence-corrected chi connectivity index (χ1v) is 14.1. The number of aliphatic hydroxyl groups is 2. The number of amides is 1. The Hall–Kier alpha value is -4.00. The summed E-state index contributed by atoms with van der Waals surface area (Å²) in [5.74, 6) is -5.02. The summed E-state index contributed by atoms with van der Waals surface area (Å²) in [5.41, 5.74) is 0.939. The maximum absolute atomic E-state index is 11.4. The fourth-order valence-electron chi connectivity index (χ4n) is 5.58. The first-order chi connectivity index (χ1) is 20.1. The SMILES string of the molecule is CC(C)(O)C1(CCc2ccccc2)CCN(Cc2ccc3c(c2)COC(=O)N3)CC1.O=C(O)CC(O)(CC(=O)O)C(=O)O. The number of nitrogens with zero attached hydrogens (tertiary/aromatic N) is 1. The summed E-state index contributed by atoms with van der Waals surface area (Å²) in [4.78, 5) is 44.3. The predicted octanol–water partition coefficient (Wildman–Crippen LogP) is 3.49. The van der Waals surface area contributed by atoms with Crippen LogP contribution < -0.4 is 5.32 Å². The highest BCUT2D eigenvalue weighted by Crippen LogP contribution is 2.45. The van der Waals surface area contributed by atoms with E-state index in [9.17, 15) is 24.3 Å². The number of carboxylic acids is 3. The minimum Gasteiger partial charge on any atom is -0.481 e. The number of aliphatic carboxylic acids is 3. The number of likely N-dealkylation sites (tertiary alicyclic amines) is 1. The Kier molecular flexibility index (Phi) is 10.9. The Morgan fingerprint density at radius 1 is 0.930 bits per heavy atom. The first-order valence-electron chi connectivity index (χ1n) is 14.1. The molecule has 0 unspecified atom stereocenters. The average Bonchev–Trinajstić information content (AvgIpc) is 2.92. The second-order valence-electron chi connectivity index (χ2n) is 11.8. The van der Waals surface area contributed by atoms with E-state index in [1.165, 1.54) is 11.1 Å². The number of hydrogen-bond acceptors (Lipinski definition) is 8. The van der Waals surface area contributed by atoms with Crippen molar-refractivity contribution in [3.8, 4) is 0 Å². The van der Waals surface area contributed by atoms with Gasteiger partial charge in [-0.1, -0.05) is 36.4 Å². The third kappa shape index (κ3) is 9.24. The van der Waals surface area contributed by atoms with E-state index in [-0.39, 0.29) is 11.5 Å². The Morgan fingerprint density at radius 3 is 2.07 bits per heavy atom. The van der Waals surface area contributed by atoms with Crippen LogP contribution in [0.25, 0.3) is 0 Å². The van der Waals surface area contributed by atoms with Crippen molar-refractivity contribution in [2.45, 2.75) is 76.7 Å². The number of rotatable bonds is 11. The first kappa shape index (κ1) is 33.5. The standard InChI is InChI=1S/C25H32N2O3.C6H8O7/c1-24(2,29)25(11-10-19-6-4-3-5-7-19)12-14-27(15-13-25)17-20-8-9-22-21(16-20)18-30-23(28)26-22;7-3(8)1-6(13,5(11)12)2-4(9)10/h3-9,16,29H,10-15,17-18H2,1-2H3,(H,26,28);13H,1-2H2,(H,7,8)(H,9,10)(H,11,12). The topological polar surface area (TPSA) is 194 Å². The van der Waals surface area contributed by atoms with Crippen LogP contribution in [0.3, 0.4) is 0 Å². The highest BCUT2D eigenvalue weighted by atomic mass is 16.5. The number of benzene rings is 2. The van der Waals surface area contributed by atoms with Crippen LogP contribution in [0, 0.1) is 5.41 Å². The molecule has 2 aromatic carbocycles. The van der Waals surface area contributed by atoms with Crippen LogP contribution in [0.2, 0.25) is 0 Å². The van der Waals surface area contributed by atoms with Crippen LogP contribution in [-0.2, 0) is 38.7 Å². The smallest absolute Gasteiger partial charge is 0.411 e. The van der Waals surface area contributed by atoms with Gasteiger partial charge in [0.05, 0.1) is 24.1 Å². The van der Waals surface area contributed by atoms with Gasteiger partial charge in [0.2, 0.25) is 0 Å². The fraction of sp³-hybridized carbons (Fsp3) is 0.484. The van der Waals surface area contributed by atoms with E-state index in [0.29, 0.717) is 6.61 Å². The maximum atomic E-state index is 11.4. The molecule has 0 spiro atoms. The second kappa shape index (κ2) is 14.0. The average molecular weight is 601 g/mol. The van der Waals surface area contributed by atoms with Crippen LogP contribution in [-0.4, -0.2) is 78.7 Å². The lowest BCUT2D eigenvalue weighted by atomic mass is 9.64. The number of cyclic esters (lactones) is 1. The van der Waals surface area contributed by atoms with Gasteiger partial charge in [-0.3, -0.25) is 19.8 Å². The van der Waals surface area contributed by atoms with Crippen molar-refractivity contribution in [3.05, 3.63) is 65.2 Å². The zero-order chi connectivity index (χ0) is 31.8. The molecule has 0 saturated carbocycles. The van der Waals surface area contributed by atoms with E-state index < -0.39 is 42.0 Å². The summed E-state index contributed by atoms with van der Waals surface area (Å²) in [7, 11) is 0. The summed E-state index contributed by atoms with van der Waals surface area (Å²) in [6.07, 6.45) is 1.32. The predicted molar refractivity (Wildman–Crippen MR) is 155 cm³/mol. The van der Waals surface area contributed by atoms with Gasteiger partial charge < -0.3 is 30.3 Å². The molecule has 0 radical (unpaired) electrons. The number of carbonyl (C=O) groups excluding carboxylic acids is 1. The number of carbonyl (C=O) groups is 4. The number of aryl methyl sites for hydroxylation is 1. The van der Waals surface area contributed by atoms with Crippen molar-refractivity contribution in [2.24, 2.45) is 5.41 Å². The normalized spacial score (nSPS) is 16.5. The Morgan fingerprint density at radius 2 is 1.53 bits per heavy atom. The van der Waals surface area contributed by atoms with Crippen molar-refractivity contribution in [1.82, 2.24) is 4.90 Å². The van der Waals surface area contributed by atoms with E-state index >= 15 is 0 Å². The third-order valence-electron chi connectivity index (χ3n) is 8.30. The van der Waals surface area contributed by atoms with E-state index in [1.54, 1.807) is 0 Å². The minimum absolute atomic E-state index is 0.0622.